The lowest BCUT2D eigenvalue weighted by atomic mass is 9.83. The van der Waals surface area contributed by atoms with Crippen LogP contribution in [0.5, 0.6) is 0 Å². The molecule has 0 aromatic heterocycles. The first kappa shape index (κ1) is 16.5. The van der Waals surface area contributed by atoms with E-state index < -0.39 is 10.0 Å². The minimum absolute atomic E-state index is 0.311. The summed E-state index contributed by atoms with van der Waals surface area (Å²) in [6.07, 6.45) is 5.15. The Hall–Kier alpha value is -0.910. The average molecular weight is 310 g/mol. The molecule has 21 heavy (non-hydrogen) atoms. The third-order valence-electron chi connectivity index (χ3n) is 4.32. The monoisotopic (exact) mass is 310 g/mol. The summed E-state index contributed by atoms with van der Waals surface area (Å²) in [6, 6.07) is 7.08. The molecule has 3 N–H and O–H groups in total. The van der Waals surface area contributed by atoms with Gasteiger partial charge in [0.1, 0.15) is 0 Å². The minimum Gasteiger partial charge on any atom is -0.324 e. The second-order valence-corrected chi connectivity index (χ2v) is 8.24. The highest BCUT2D eigenvalue weighted by Crippen LogP contribution is 2.25. The quantitative estimate of drug-likeness (QED) is 0.878. The van der Waals surface area contributed by atoms with Crippen LogP contribution in [0.25, 0.3) is 0 Å². The number of benzene rings is 1. The van der Waals surface area contributed by atoms with E-state index in [1.54, 1.807) is 12.1 Å². The Bertz CT molecular complexity index is 558. The average Bonchev–Trinajstić information content (AvgIpc) is 2.46. The van der Waals surface area contributed by atoms with Crippen LogP contribution in [0.15, 0.2) is 29.2 Å². The van der Waals surface area contributed by atoms with Crippen LogP contribution in [0, 0.1) is 0 Å². The van der Waals surface area contributed by atoms with E-state index >= 15 is 0 Å². The van der Waals surface area contributed by atoms with Gasteiger partial charge in [0.25, 0.3) is 0 Å². The Balaban J connectivity index is 2.04. The third kappa shape index (κ3) is 4.28. The molecule has 0 saturated heterocycles. The van der Waals surface area contributed by atoms with E-state index in [9.17, 15) is 8.42 Å². The summed E-state index contributed by atoms with van der Waals surface area (Å²) in [5, 5.41) is 0. The molecule has 0 unspecified atom stereocenters. The van der Waals surface area contributed by atoms with Crippen LogP contribution in [0.4, 0.5) is 0 Å². The summed E-state index contributed by atoms with van der Waals surface area (Å²) in [5.74, 6) is 0.393. The van der Waals surface area contributed by atoms with Crippen molar-refractivity contribution in [1.82, 2.24) is 4.72 Å². The van der Waals surface area contributed by atoms with Gasteiger partial charge in [0.2, 0.25) is 10.0 Å². The zero-order valence-corrected chi connectivity index (χ0v) is 13.7. The lowest BCUT2D eigenvalue weighted by molar-refractivity contribution is 0.296. The summed E-state index contributed by atoms with van der Waals surface area (Å²) in [6.45, 7) is 4.49. The van der Waals surface area contributed by atoms with E-state index in [2.05, 4.69) is 18.6 Å². The summed E-state index contributed by atoms with van der Waals surface area (Å²) >= 11 is 0. The molecule has 1 aromatic carbocycles. The Labute approximate surface area is 128 Å². The van der Waals surface area contributed by atoms with Crippen molar-refractivity contribution < 1.29 is 8.42 Å². The topological polar surface area (TPSA) is 72.2 Å². The minimum atomic E-state index is -3.47. The summed E-state index contributed by atoms with van der Waals surface area (Å²) in [7, 11) is -3.47. The van der Waals surface area contributed by atoms with Gasteiger partial charge in [0, 0.05) is 12.1 Å². The van der Waals surface area contributed by atoms with E-state index in [4.69, 9.17) is 5.73 Å². The molecule has 0 bridgehead atoms. The van der Waals surface area contributed by atoms with Gasteiger partial charge in [0.15, 0.2) is 0 Å². The molecule has 0 heterocycles. The van der Waals surface area contributed by atoms with Crippen LogP contribution in [-0.4, -0.2) is 20.5 Å². The first-order chi connectivity index (χ1) is 9.82. The van der Waals surface area contributed by atoms with Crippen molar-refractivity contribution in [2.45, 2.75) is 62.3 Å². The van der Waals surface area contributed by atoms with Crippen molar-refractivity contribution in [2.75, 3.05) is 6.54 Å². The van der Waals surface area contributed by atoms with Gasteiger partial charge in [-0.2, -0.15) is 0 Å². The van der Waals surface area contributed by atoms with Crippen molar-refractivity contribution in [3.05, 3.63) is 29.8 Å². The molecular weight excluding hydrogens is 284 g/mol. The molecule has 0 aliphatic heterocycles. The highest BCUT2D eigenvalue weighted by Gasteiger charge is 2.29. The second-order valence-electron chi connectivity index (χ2n) is 6.47. The molecular formula is C16H26N2O2S. The molecule has 0 atom stereocenters. The van der Waals surface area contributed by atoms with Gasteiger partial charge in [-0.15, -0.1) is 0 Å². The van der Waals surface area contributed by atoms with Crippen LogP contribution in [0.3, 0.4) is 0 Å². The van der Waals surface area contributed by atoms with Crippen molar-refractivity contribution in [2.24, 2.45) is 5.73 Å². The number of hydrogen-bond acceptors (Lipinski definition) is 3. The van der Waals surface area contributed by atoms with Gasteiger partial charge in [-0.1, -0.05) is 45.2 Å². The maximum Gasteiger partial charge on any atom is 0.240 e. The molecule has 2 rings (SSSR count). The fraction of sp³-hybridized carbons (Fsp3) is 0.625. The van der Waals surface area contributed by atoms with Gasteiger partial charge < -0.3 is 5.73 Å². The lowest BCUT2D eigenvalue weighted by Crippen LogP contribution is -2.51. The lowest BCUT2D eigenvalue weighted by Gasteiger charge is -2.33. The van der Waals surface area contributed by atoms with Crippen LogP contribution in [0.2, 0.25) is 0 Å². The number of rotatable bonds is 5. The zero-order valence-electron chi connectivity index (χ0n) is 12.9. The van der Waals surface area contributed by atoms with Gasteiger partial charge in [-0.25, -0.2) is 13.1 Å². The van der Waals surface area contributed by atoms with Crippen molar-refractivity contribution in [3.8, 4) is 0 Å². The smallest absolute Gasteiger partial charge is 0.240 e. The first-order valence-corrected chi connectivity index (χ1v) is 9.19. The number of nitrogens with one attached hydrogen (secondary N) is 1. The summed E-state index contributed by atoms with van der Waals surface area (Å²) < 4.78 is 27.3. The molecule has 1 aliphatic carbocycles. The van der Waals surface area contributed by atoms with E-state index in [0.717, 1.165) is 31.2 Å². The molecule has 1 saturated carbocycles. The molecule has 4 nitrogen and oxygen atoms in total. The van der Waals surface area contributed by atoms with Crippen LogP contribution < -0.4 is 10.5 Å². The molecule has 0 amide bonds. The SMILES string of the molecule is CC(C)c1ccc(S(=O)(=O)NCC2(N)CCCCC2)cc1. The van der Waals surface area contributed by atoms with Gasteiger partial charge in [-0.05, 0) is 36.5 Å². The largest absolute Gasteiger partial charge is 0.324 e. The Morgan fingerprint density at radius 2 is 1.71 bits per heavy atom. The highest BCUT2D eigenvalue weighted by molar-refractivity contribution is 7.89. The number of sulfonamides is 1. The molecule has 118 valence electrons. The summed E-state index contributed by atoms with van der Waals surface area (Å²) in [4.78, 5) is 0.311. The third-order valence-corrected chi connectivity index (χ3v) is 5.74. The fourth-order valence-electron chi connectivity index (χ4n) is 2.79. The molecule has 1 aliphatic rings. The van der Waals surface area contributed by atoms with Gasteiger partial charge in [0.05, 0.1) is 4.90 Å². The van der Waals surface area contributed by atoms with Crippen LogP contribution >= 0.6 is 0 Å². The van der Waals surface area contributed by atoms with E-state index in [0.29, 0.717) is 17.4 Å². The molecule has 0 radical (unpaired) electrons. The van der Waals surface area contributed by atoms with Crippen molar-refractivity contribution in [1.29, 1.82) is 0 Å². The maximum absolute atomic E-state index is 12.3. The predicted octanol–water partition coefficient (Wildman–Crippen LogP) is 2.75. The highest BCUT2D eigenvalue weighted by atomic mass is 32.2. The van der Waals surface area contributed by atoms with Crippen LogP contribution in [-0.2, 0) is 10.0 Å². The first-order valence-electron chi connectivity index (χ1n) is 7.71. The molecule has 1 aromatic rings. The fourth-order valence-corrected chi connectivity index (χ4v) is 3.93. The predicted molar refractivity (Wildman–Crippen MR) is 85.7 cm³/mol. The Morgan fingerprint density at radius 1 is 1.14 bits per heavy atom. The van der Waals surface area contributed by atoms with Gasteiger partial charge in [-0.3, -0.25) is 0 Å². The Morgan fingerprint density at radius 3 is 2.24 bits per heavy atom. The van der Waals surface area contributed by atoms with E-state index in [-0.39, 0.29) is 5.54 Å². The van der Waals surface area contributed by atoms with Crippen molar-refractivity contribution in [3.63, 3.8) is 0 Å². The molecule has 1 fully saturated rings. The second kappa shape index (κ2) is 6.46. The Kier molecular flexibility index (Phi) is 5.07. The molecule has 0 spiro atoms. The molecule has 5 heteroatoms. The van der Waals surface area contributed by atoms with Gasteiger partial charge >= 0.3 is 0 Å². The number of nitrogens with two attached hydrogens (primary N) is 1. The number of hydrogen-bond donors (Lipinski definition) is 2. The standard InChI is InChI=1S/C16H26N2O2S/c1-13(2)14-6-8-15(9-7-14)21(19,20)18-12-16(17)10-4-3-5-11-16/h6-9,13,18H,3-5,10-12,17H2,1-2H3. The normalized spacial score (nSPS) is 18.9. The van der Waals surface area contributed by atoms with E-state index in [1.165, 1.54) is 6.42 Å². The maximum atomic E-state index is 12.3. The van der Waals surface area contributed by atoms with Crippen LogP contribution in [0.1, 0.15) is 57.4 Å². The van der Waals surface area contributed by atoms with Crippen molar-refractivity contribution >= 4 is 10.0 Å². The van der Waals surface area contributed by atoms with E-state index in [1.807, 2.05) is 12.1 Å². The summed E-state index contributed by atoms with van der Waals surface area (Å²) in [5.41, 5.74) is 7.03. The zero-order chi connectivity index (χ0) is 15.5.